The molecule has 3 heterocycles. The van der Waals surface area contributed by atoms with E-state index in [4.69, 9.17) is 18.9 Å². The van der Waals surface area contributed by atoms with Gasteiger partial charge < -0.3 is 29.2 Å². The van der Waals surface area contributed by atoms with Crippen LogP contribution >= 0.6 is 0 Å². The number of hydrogen-bond acceptors (Lipinski definition) is 8. The minimum Gasteiger partial charge on any atom is -0.483 e. The molecule has 0 saturated carbocycles. The van der Waals surface area contributed by atoms with Crippen molar-refractivity contribution in [1.82, 2.24) is 25.5 Å². The molecule has 0 aliphatic carbocycles. The summed E-state index contributed by atoms with van der Waals surface area (Å²) in [4.78, 5) is 19.7. The Morgan fingerprint density at radius 1 is 1.11 bits per heavy atom. The van der Waals surface area contributed by atoms with Gasteiger partial charge in [-0.3, -0.25) is 4.79 Å². The number of carbonyl (C=O) groups is 1. The maximum absolute atomic E-state index is 14.7. The molecule has 0 radical (unpaired) electrons. The third-order valence-electron chi connectivity index (χ3n) is 5.40. The highest BCUT2D eigenvalue weighted by molar-refractivity contribution is 5.96. The SMILES string of the molecule is Cc1nnc(C(C)Oc2ccc(CNC(=O)c3cc(F)cnc3Oc3ccc4c(c3)OCO4)c(F)c2)[nH]1. The Bertz CT molecular complexity index is 1460. The van der Waals surface area contributed by atoms with Crippen LogP contribution < -0.4 is 24.3 Å². The Kier molecular flexibility index (Phi) is 6.54. The van der Waals surface area contributed by atoms with E-state index in [-0.39, 0.29) is 36.1 Å². The van der Waals surface area contributed by atoms with Crippen LogP contribution in [0.5, 0.6) is 28.9 Å². The molecule has 10 nitrogen and oxygen atoms in total. The van der Waals surface area contributed by atoms with Crippen molar-refractivity contribution in [2.24, 2.45) is 0 Å². The number of H-pyrrole nitrogens is 1. The first-order valence-electron chi connectivity index (χ1n) is 11.2. The number of pyridine rings is 1. The number of aryl methyl sites for hydroxylation is 1. The second-order valence-corrected chi connectivity index (χ2v) is 8.12. The maximum atomic E-state index is 14.7. The number of fused-ring (bicyclic) bond motifs is 1. The molecule has 1 amide bonds. The topological polar surface area (TPSA) is 120 Å². The summed E-state index contributed by atoms with van der Waals surface area (Å²) in [5.74, 6) is 0.626. The molecule has 190 valence electrons. The number of aromatic nitrogens is 4. The summed E-state index contributed by atoms with van der Waals surface area (Å²) in [5.41, 5.74) is 0.0423. The van der Waals surface area contributed by atoms with Gasteiger partial charge in [-0.2, -0.15) is 0 Å². The third-order valence-corrected chi connectivity index (χ3v) is 5.40. The predicted molar refractivity (Wildman–Crippen MR) is 125 cm³/mol. The van der Waals surface area contributed by atoms with Gasteiger partial charge in [0.1, 0.15) is 34.5 Å². The van der Waals surface area contributed by atoms with Gasteiger partial charge in [-0.05, 0) is 38.1 Å². The molecule has 0 saturated heterocycles. The lowest BCUT2D eigenvalue weighted by atomic mass is 10.2. The fourth-order valence-electron chi connectivity index (χ4n) is 3.55. The van der Waals surface area contributed by atoms with Crippen LogP contribution in [0.1, 0.15) is 40.6 Å². The smallest absolute Gasteiger partial charge is 0.257 e. The molecule has 0 spiro atoms. The van der Waals surface area contributed by atoms with Crippen molar-refractivity contribution < 1.29 is 32.5 Å². The van der Waals surface area contributed by atoms with Gasteiger partial charge in [-0.15, -0.1) is 10.2 Å². The fourth-order valence-corrected chi connectivity index (χ4v) is 3.55. The van der Waals surface area contributed by atoms with Crippen LogP contribution in [0.25, 0.3) is 0 Å². The molecule has 12 heteroatoms. The van der Waals surface area contributed by atoms with Gasteiger partial charge in [-0.1, -0.05) is 6.07 Å². The van der Waals surface area contributed by atoms with Crippen molar-refractivity contribution >= 4 is 5.91 Å². The number of benzene rings is 2. The lowest BCUT2D eigenvalue weighted by molar-refractivity contribution is 0.0947. The first-order valence-corrected chi connectivity index (χ1v) is 11.2. The van der Waals surface area contributed by atoms with E-state index in [0.29, 0.717) is 28.9 Å². The standard InChI is InChI=1S/C25H21F2N5O5/c1-13(23-30-14(2)31-32-23)36-17-4-3-15(20(27)8-17)10-28-24(33)19-7-16(26)11-29-25(19)37-18-5-6-21-22(9-18)35-12-34-21/h3-9,11,13H,10,12H2,1-2H3,(H,28,33)(H,30,31,32). The van der Waals surface area contributed by atoms with Gasteiger partial charge >= 0.3 is 0 Å². The number of nitrogens with zero attached hydrogens (tertiary/aromatic N) is 3. The van der Waals surface area contributed by atoms with E-state index in [1.165, 1.54) is 12.1 Å². The number of aromatic amines is 1. The highest BCUT2D eigenvalue weighted by Crippen LogP contribution is 2.36. The molecule has 1 aliphatic rings. The Hall–Kier alpha value is -4.74. The fraction of sp³-hybridized carbons (Fsp3) is 0.200. The zero-order chi connectivity index (χ0) is 25.9. The molecule has 1 atom stereocenters. The molecular weight excluding hydrogens is 488 g/mol. The zero-order valence-corrected chi connectivity index (χ0v) is 19.7. The van der Waals surface area contributed by atoms with E-state index in [0.717, 1.165) is 12.3 Å². The average molecular weight is 509 g/mol. The molecule has 37 heavy (non-hydrogen) atoms. The van der Waals surface area contributed by atoms with E-state index >= 15 is 0 Å². The van der Waals surface area contributed by atoms with Gasteiger partial charge in [-0.25, -0.2) is 13.8 Å². The van der Waals surface area contributed by atoms with Crippen molar-refractivity contribution in [3.8, 4) is 28.9 Å². The normalized spacial score (nSPS) is 12.8. The van der Waals surface area contributed by atoms with Gasteiger partial charge in [0.05, 0.1) is 6.20 Å². The minimum absolute atomic E-state index is 0.0884. The van der Waals surface area contributed by atoms with Crippen LogP contribution in [0.3, 0.4) is 0 Å². The summed E-state index contributed by atoms with van der Waals surface area (Å²) < 4.78 is 50.6. The summed E-state index contributed by atoms with van der Waals surface area (Å²) >= 11 is 0. The van der Waals surface area contributed by atoms with Crippen LogP contribution in [0, 0.1) is 18.6 Å². The lowest BCUT2D eigenvalue weighted by Crippen LogP contribution is -2.24. The Balaban J connectivity index is 1.25. The number of amides is 1. The third kappa shape index (κ3) is 5.42. The van der Waals surface area contributed by atoms with Crippen molar-refractivity contribution in [3.05, 3.63) is 83.1 Å². The summed E-state index contributed by atoms with van der Waals surface area (Å²) in [5, 5.41) is 10.4. The zero-order valence-electron chi connectivity index (χ0n) is 19.7. The van der Waals surface area contributed by atoms with Crippen LogP contribution in [0.15, 0.2) is 48.7 Å². The summed E-state index contributed by atoms with van der Waals surface area (Å²) in [6, 6.07) is 10.1. The van der Waals surface area contributed by atoms with Crippen molar-refractivity contribution in [2.45, 2.75) is 26.5 Å². The van der Waals surface area contributed by atoms with Crippen molar-refractivity contribution in [1.29, 1.82) is 0 Å². The van der Waals surface area contributed by atoms with E-state index < -0.39 is 23.6 Å². The largest absolute Gasteiger partial charge is 0.483 e. The maximum Gasteiger partial charge on any atom is 0.257 e. The summed E-state index contributed by atoms with van der Waals surface area (Å²) in [6.07, 6.45) is 0.452. The van der Waals surface area contributed by atoms with Gasteiger partial charge in [0.25, 0.3) is 5.91 Å². The molecule has 1 unspecified atom stereocenters. The summed E-state index contributed by atoms with van der Waals surface area (Å²) in [7, 11) is 0. The highest BCUT2D eigenvalue weighted by Gasteiger charge is 2.20. The quantitative estimate of drug-likeness (QED) is 0.359. The van der Waals surface area contributed by atoms with E-state index in [9.17, 15) is 13.6 Å². The van der Waals surface area contributed by atoms with Gasteiger partial charge in [0.2, 0.25) is 12.7 Å². The molecule has 4 aromatic rings. The predicted octanol–water partition coefficient (Wildman–Crippen LogP) is 4.38. The van der Waals surface area contributed by atoms with Crippen molar-refractivity contribution in [3.63, 3.8) is 0 Å². The molecule has 1 aliphatic heterocycles. The molecule has 0 bridgehead atoms. The molecule has 2 aromatic heterocycles. The molecular formula is C25H21F2N5O5. The second-order valence-electron chi connectivity index (χ2n) is 8.12. The number of carbonyl (C=O) groups excluding carboxylic acids is 1. The Morgan fingerprint density at radius 2 is 1.92 bits per heavy atom. The number of halogens is 2. The number of rotatable bonds is 8. The Morgan fingerprint density at radius 3 is 2.70 bits per heavy atom. The average Bonchev–Trinajstić information content (AvgIpc) is 3.53. The van der Waals surface area contributed by atoms with E-state index in [2.05, 4.69) is 25.5 Å². The number of hydrogen-bond donors (Lipinski definition) is 2. The van der Waals surface area contributed by atoms with Crippen LogP contribution in [-0.2, 0) is 6.54 Å². The Labute approximate surface area is 209 Å². The van der Waals surface area contributed by atoms with E-state index in [1.54, 1.807) is 38.1 Å². The van der Waals surface area contributed by atoms with E-state index in [1.807, 2.05) is 0 Å². The lowest BCUT2D eigenvalue weighted by Gasteiger charge is -2.14. The minimum atomic E-state index is -0.730. The van der Waals surface area contributed by atoms with Gasteiger partial charge in [0.15, 0.2) is 23.4 Å². The number of nitrogens with one attached hydrogen (secondary N) is 2. The van der Waals surface area contributed by atoms with Crippen LogP contribution in [-0.4, -0.2) is 32.9 Å². The van der Waals surface area contributed by atoms with Crippen LogP contribution in [0.2, 0.25) is 0 Å². The molecule has 5 rings (SSSR count). The first kappa shape index (κ1) is 24.0. The van der Waals surface area contributed by atoms with Gasteiger partial charge in [0, 0.05) is 24.2 Å². The number of ether oxygens (including phenoxy) is 4. The second kappa shape index (κ2) is 10.1. The summed E-state index contributed by atoms with van der Waals surface area (Å²) in [6.45, 7) is 3.44. The monoisotopic (exact) mass is 509 g/mol. The first-order chi connectivity index (χ1) is 17.9. The molecule has 2 aromatic carbocycles. The van der Waals surface area contributed by atoms with Crippen molar-refractivity contribution in [2.75, 3.05) is 6.79 Å². The molecule has 2 N–H and O–H groups in total. The molecule has 0 fully saturated rings. The van der Waals surface area contributed by atoms with Crippen LogP contribution in [0.4, 0.5) is 8.78 Å². The highest BCUT2D eigenvalue weighted by atomic mass is 19.1.